The molecule has 0 aliphatic rings. The molecule has 2 amide bonds. The van der Waals surface area contributed by atoms with Crippen molar-refractivity contribution in [2.24, 2.45) is 0 Å². The van der Waals surface area contributed by atoms with Gasteiger partial charge in [0.1, 0.15) is 5.75 Å². The first kappa shape index (κ1) is 21.0. The van der Waals surface area contributed by atoms with Crippen molar-refractivity contribution in [1.29, 1.82) is 0 Å². The molecule has 2 rings (SSSR count). The van der Waals surface area contributed by atoms with E-state index in [1.807, 2.05) is 0 Å². The average Bonchev–Trinajstić information content (AvgIpc) is 2.62. The summed E-state index contributed by atoms with van der Waals surface area (Å²) in [6, 6.07) is 9.56. The number of benzene rings is 2. The van der Waals surface area contributed by atoms with Gasteiger partial charge in [-0.3, -0.25) is 9.59 Å². The van der Waals surface area contributed by atoms with Gasteiger partial charge in [-0.15, -0.1) is 0 Å². The van der Waals surface area contributed by atoms with Crippen molar-refractivity contribution >= 4 is 23.6 Å². The maximum absolute atomic E-state index is 12.5. The van der Waals surface area contributed by atoms with Crippen LogP contribution in [0.25, 0.3) is 6.08 Å². The van der Waals surface area contributed by atoms with E-state index in [-0.39, 0.29) is 18.2 Å². The molecule has 0 heterocycles. The zero-order valence-electron chi connectivity index (χ0n) is 15.3. The van der Waals surface area contributed by atoms with Crippen molar-refractivity contribution in [1.82, 2.24) is 5.32 Å². The van der Waals surface area contributed by atoms with Gasteiger partial charge in [0.25, 0.3) is 0 Å². The van der Waals surface area contributed by atoms with Crippen LogP contribution in [0.5, 0.6) is 5.75 Å². The molecule has 2 aromatic carbocycles. The van der Waals surface area contributed by atoms with E-state index in [1.54, 1.807) is 18.2 Å². The highest BCUT2D eigenvalue weighted by Gasteiger charge is 2.29. The van der Waals surface area contributed by atoms with E-state index in [1.165, 1.54) is 38.4 Å². The molecule has 148 valence electrons. The number of hydrogen-bond donors (Lipinski definition) is 2. The third-order valence-corrected chi connectivity index (χ3v) is 3.70. The largest absolute Gasteiger partial charge is 0.495 e. The molecule has 0 atom stereocenters. The molecule has 0 aromatic heterocycles. The molecular weight excluding hydrogens is 373 g/mol. The average molecular weight is 392 g/mol. The van der Waals surface area contributed by atoms with Crippen LogP contribution in [0.15, 0.2) is 48.7 Å². The highest BCUT2D eigenvalue weighted by Crippen LogP contribution is 2.29. The lowest BCUT2D eigenvalue weighted by molar-refractivity contribution is -0.137. The highest BCUT2D eigenvalue weighted by atomic mass is 19.4. The van der Waals surface area contributed by atoms with Crippen LogP contribution >= 0.6 is 0 Å². The molecule has 5 nitrogen and oxygen atoms in total. The molecule has 0 saturated carbocycles. The van der Waals surface area contributed by atoms with Crippen molar-refractivity contribution in [3.05, 3.63) is 65.4 Å². The minimum Gasteiger partial charge on any atom is -0.495 e. The van der Waals surface area contributed by atoms with Crippen LogP contribution < -0.4 is 15.4 Å². The number of nitrogens with one attached hydrogen (secondary N) is 2. The summed E-state index contributed by atoms with van der Waals surface area (Å²) in [6.07, 6.45) is -1.45. The van der Waals surface area contributed by atoms with E-state index in [0.29, 0.717) is 22.6 Å². The number of rotatable bonds is 6. The summed E-state index contributed by atoms with van der Waals surface area (Å²) in [6.45, 7) is 1.38. The molecule has 2 aromatic rings. The number of carbonyl (C=O) groups excluding carboxylic acids is 2. The normalized spacial score (nSPS) is 11.3. The lowest BCUT2D eigenvalue weighted by Gasteiger charge is -2.10. The third kappa shape index (κ3) is 6.15. The summed E-state index contributed by atoms with van der Waals surface area (Å²) in [5.74, 6) is -0.115. The van der Waals surface area contributed by atoms with Gasteiger partial charge in [0, 0.05) is 13.1 Å². The molecule has 0 saturated heterocycles. The van der Waals surface area contributed by atoms with Crippen molar-refractivity contribution in [2.75, 3.05) is 12.4 Å². The molecule has 28 heavy (non-hydrogen) atoms. The Balaban J connectivity index is 1.95. The standard InChI is InChI=1S/C20H19F3N2O3/c1-13(26)25-17-8-5-15(11-18(17)28-2)12-19(27)24-10-9-14-3-6-16(7-4-14)20(21,22)23/h3-11H,12H2,1-2H3,(H,24,27)(H,25,26)/b10-9+. The summed E-state index contributed by atoms with van der Waals surface area (Å²) >= 11 is 0. The molecule has 8 heteroatoms. The lowest BCUT2D eigenvalue weighted by Crippen LogP contribution is -2.19. The third-order valence-electron chi connectivity index (χ3n) is 3.70. The molecule has 0 aliphatic heterocycles. The van der Waals surface area contributed by atoms with Crippen LogP contribution in [0.4, 0.5) is 18.9 Å². The monoisotopic (exact) mass is 392 g/mol. The van der Waals surface area contributed by atoms with Gasteiger partial charge in [-0.05, 0) is 41.5 Å². The van der Waals surface area contributed by atoms with Gasteiger partial charge in [0.05, 0.1) is 24.8 Å². The smallest absolute Gasteiger partial charge is 0.416 e. The fraction of sp³-hybridized carbons (Fsp3) is 0.200. The van der Waals surface area contributed by atoms with Gasteiger partial charge in [-0.2, -0.15) is 13.2 Å². The first-order valence-corrected chi connectivity index (χ1v) is 8.26. The van der Waals surface area contributed by atoms with Crippen LogP contribution in [0.1, 0.15) is 23.6 Å². The van der Waals surface area contributed by atoms with E-state index in [9.17, 15) is 22.8 Å². The number of alkyl halides is 3. The van der Waals surface area contributed by atoms with Crippen LogP contribution in [-0.2, 0) is 22.2 Å². The predicted octanol–water partition coefficient (Wildman–Crippen LogP) is 4.00. The lowest BCUT2D eigenvalue weighted by atomic mass is 10.1. The Morgan fingerprint density at radius 3 is 2.36 bits per heavy atom. The van der Waals surface area contributed by atoms with Gasteiger partial charge in [-0.25, -0.2) is 0 Å². The van der Waals surface area contributed by atoms with Gasteiger partial charge >= 0.3 is 6.18 Å². The number of methoxy groups -OCH3 is 1. The Labute approximate surface area is 160 Å². The number of ether oxygens (including phenoxy) is 1. The summed E-state index contributed by atoms with van der Waals surface area (Å²) < 4.78 is 42.8. The molecule has 0 unspecified atom stereocenters. The Bertz CT molecular complexity index is 875. The van der Waals surface area contributed by atoms with Crippen molar-refractivity contribution in [3.8, 4) is 5.75 Å². The van der Waals surface area contributed by atoms with E-state index in [0.717, 1.165) is 12.1 Å². The van der Waals surface area contributed by atoms with Gasteiger partial charge in [0.2, 0.25) is 11.8 Å². The molecule has 2 N–H and O–H groups in total. The maximum Gasteiger partial charge on any atom is 0.416 e. The predicted molar refractivity (Wildman–Crippen MR) is 99.6 cm³/mol. The molecule has 0 fully saturated rings. The van der Waals surface area contributed by atoms with Crippen LogP contribution in [0.2, 0.25) is 0 Å². The van der Waals surface area contributed by atoms with E-state index in [2.05, 4.69) is 10.6 Å². The first-order valence-electron chi connectivity index (χ1n) is 8.26. The van der Waals surface area contributed by atoms with E-state index < -0.39 is 11.7 Å². The zero-order valence-corrected chi connectivity index (χ0v) is 15.3. The second-order valence-corrected chi connectivity index (χ2v) is 5.91. The number of anilines is 1. The molecule has 0 bridgehead atoms. The topological polar surface area (TPSA) is 67.4 Å². The fourth-order valence-corrected chi connectivity index (χ4v) is 2.39. The molecular formula is C20H19F3N2O3. The Hall–Kier alpha value is -3.29. The van der Waals surface area contributed by atoms with Crippen molar-refractivity contribution in [2.45, 2.75) is 19.5 Å². The summed E-state index contributed by atoms with van der Waals surface area (Å²) in [4.78, 5) is 23.2. The van der Waals surface area contributed by atoms with Crippen LogP contribution in [0, 0.1) is 0 Å². The second kappa shape index (κ2) is 9.07. The van der Waals surface area contributed by atoms with Gasteiger partial charge < -0.3 is 15.4 Å². The number of hydrogen-bond acceptors (Lipinski definition) is 3. The number of halogens is 3. The highest BCUT2D eigenvalue weighted by molar-refractivity contribution is 5.90. The van der Waals surface area contributed by atoms with E-state index in [4.69, 9.17) is 4.74 Å². The maximum atomic E-state index is 12.5. The minimum atomic E-state index is -4.38. The second-order valence-electron chi connectivity index (χ2n) is 5.91. The van der Waals surface area contributed by atoms with Gasteiger partial charge in [0.15, 0.2) is 0 Å². The number of carbonyl (C=O) groups is 2. The quantitative estimate of drug-likeness (QED) is 0.781. The first-order chi connectivity index (χ1) is 13.2. The Morgan fingerprint density at radius 1 is 1.11 bits per heavy atom. The Kier molecular flexibility index (Phi) is 6.81. The van der Waals surface area contributed by atoms with Crippen LogP contribution in [-0.4, -0.2) is 18.9 Å². The summed E-state index contributed by atoms with van der Waals surface area (Å²) in [5, 5.41) is 5.18. The zero-order chi connectivity index (χ0) is 20.7. The minimum absolute atomic E-state index is 0.0636. The molecule has 0 radical (unpaired) electrons. The van der Waals surface area contributed by atoms with Crippen molar-refractivity contribution < 1.29 is 27.5 Å². The molecule has 0 aliphatic carbocycles. The summed E-state index contributed by atoms with van der Waals surface area (Å²) in [7, 11) is 1.46. The molecule has 0 spiro atoms. The summed E-state index contributed by atoms with van der Waals surface area (Å²) in [5.41, 5.74) is 0.965. The van der Waals surface area contributed by atoms with E-state index >= 15 is 0 Å². The fourth-order valence-electron chi connectivity index (χ4n) is 2.39. The van der Waals surface area contributed by atoms with Crippen LogP contribution in [0.3, 0.4) is 0 Å². The van der Waals surface area contributed by atoms with Crippen molar-refractivity contribution in [3.63, 3.8) is 0 Å². The SMILES string of the molecule is COc1cc(CC(=O)N/C=C/c2ccc(C(F)(F)F)cc2)ccc1NC(C)=O. The van der Waals surface area contributed by atoms with Gasteiger partial charge in [-0.1, -0.05) is 18.2 Å². The Morgan fingerprint density at radius 2 is 1.79 bits per heavy atom. The number of amides is 2.